The van der Waals surface area contributed by atoms with E-state index in [2.05, 4.69) is 15.6 Å². The van der Waals surface area contributed by atoms with Gasteiger partial charge in [-0.25, -0.2) is 18.2 Å². The van der Waals surface area contributed by atoms with Gasteiger partial charge < -0.3 is 10.1 Å². The Labute approximate surface area is 163 Å². The van der Waals surface area contributed by atoms with Gasteiger partial charge in [-0.3, -0.25) is 10.1 Å². The number of thioether (sulfide) groups is 1. The molecule has 1 aromatic rings. The Bertz CT molecular complexity index is 734. The molecule has 0 atom stereocenters. The lowest BCUT2D eigenvalue weighted by molar-refractivity contribution is -0.117. The number of sulfonamides is 1. The van der Waals surface area contributed by atoms with Crippen LogP contribution >= 0.6 is 11.8 Å². The Morgan fingerprint density at radius 2 is 2.04 bits per heavy atom. The SMILES string of the molecule is CCCCNC(=O)NC(=O)CSc1ccc(S(=O)(=O)N2CCOCC2)cn1. The number of nitrogens with one attached hydrogen (secondary N) is 2. The molecule has 27 heavy (non-hydrogen) atoms. The molecule has 1 aliphatic heterocycles. The first-order valence-electron chi connectivity index (χ1n) is 8.68. The molecule has 0 radical (unpaired) electrons. The van der Waals surface area contributed by atoms with E-state index in [0.29, 0.717) is 37.9 Å². The fourth-order valence-electron chi connectivity index (χ4n) is 2.27. The van der Waals surface area contributed by atoms with Crippen LogP contribution in [0.3, 0.4) is 0 Å². The number of hydrogen-bond donors (Lipinski definition) is 2. The first-order chi connectivity index (χ1) is 12.9. The minimum Gasteiger partial charge on any atom is -0.379 e. The summed E-state index contributed by atoms with van der Waals surface area (Å²) in [5.41, 5.74) is 0. The van der Waals surface area contributed by atoms with E-state index in [-0.39, 0.29) is 10.6 Å². The van der Waals surface area contributed by atoms with Gasteiger partial charge in [0.15, 0.2) is 0 Å². The normalized spacial score (nSPS) is 15.3. The third-order valence-corrected chi connectivity index (χ3v) is 6.56. The summed E-state index contributed by atoms with van der Waals surface area (Å²) in [5, 5.41) is 5.33. The largest absolute Gasteiger partial charge is 0.379 e. The van der Waals surface area contributed by atoms with Crippen molar-refractivity contribution in [3.63, 3.8) is 0 Å². The zero-order chi connectivity index (χ0) is 19.7. The van der Waals surface area contributed by atoms with Crippen LogP contribution in [0.15, 0.2) is 28.3 Å². The average Bonchev–Trinajstić information content (AvgIpc) is 2.67. The van der Waals surface area contributed by atoms with Crippen molar-refractivity contribution in [1.29, 1.82) is 0 Å². The zero-order valence-corrected chi connectivity index (χ0v) is 16.8. The second-order valence-electron chi connectivity index (χ2n) is 5.79. The number of morpholine rings is 1. The average molecular weight is 417 g/mol. The Hall–Kier alpha value is -1.69. The third kappa shape index (κ3) is 6.76. The molecule has 150 valence electrons. The van der Waals surface area contributed by atoms with Crippen molar-refractivity contribution < 1.29 is 22.7 Å². The molecule has 1 saturated heterocycles. The van der Waals surface area contributed by atoms with Gasteiger partial charge in [-0.15, -0.1) is 0 Å². The minimum absolute atomic E-state index is 0.00373. The minimum atomic E-state index is -3.59. The van der Waals surface area contributed by atoms with E-state index >= 15 is 0 Å². The van der Waals surface area contributed by atoms with Crippen LogP contribution in [0.4, 0.5) is 4.79 Å². The number of unbranched alkanes of at least 4 members (excludes halogenated alkanes) is 1. The summed E-state index contributed by atoms with van der Waals surface area (Å²) in [7, 11) is -3.59. The van der Waals surface area contributed by atoms with Gasteiger partial charge >= 0.3 is 6.03 Å². The Kier molecular flexibility index (Phi) is 8.48. The van der Waals surface area contributed by atoms with Crippen molar-refractivity contribution in [2.75, 3.05) is 38.6 Å². The van der Waals surface area contributed by atoms with Crippen molar-refractivity contribution in [2.45, 2.75) is 29.7 Å². The Balaban J connectivity index is 1.83. The van der Waals surface area contributed by atoms with E-state index in [1.165, 1.54) is 16.6 Å². The molecular formula is C16H24N4O5S2. The van der Waals surface area contributed by atoms with Crippen molar-refractivity contribution in [3.8, 4) is 0 Å². The van der Waals surface area contributed by atoms with Crippen LogP contribution in [-0.2, 0) is 19.6 Å². The second-order valence-corrected chi connectivity index (χ2v) is 8.73. The number of carbonyl (C=O) groups excluding carboxylic acids is 2. The molecule has 1 aromatic heterocycles. The van der Waals surface area contributed by atoms with Gasteiger partial charge in [-0.2, -0.15) is 4.31 Å². The molecule has 1 fully saturated rings. The smallest absolute Gasteiger partial charge is 0.321 e. The van der Waals surface area contributed by atoms with Gasteiger partial charge in [0, 0.05) is 25.8 Å². The highest BCUT2D eigenvalue weighted by Crippen LogP contribution is 2.20. The van der Waals surface area contributed by atoms with E-state index in [1.54, 1.807) is 6.07 Å². The molecule has 0 unspecified atom stereocenters. The second kappa shape index (κ2) is 10.6. The third-order valence-electron chi connectivity index (χ3n) is 3.74. The van der Waals surface area contributed by atoms with Crippen LogP contribution in [0.1, 0.15) is 19.8 Å². The molecule has 11 heteroatoms. The molecule has 2 rings (SSSR count). The molecule has 2 N–H and O–H groups in total. The van der Waals surface area contributed by atoms with Gasteiger partial charge in [0.05, 0.1) is 24.0 Å². The lowest BCUT2D eigenvalue weighted by atomic mass is 10.3. The van der Waals surface area contributed by atoms with Crippen molar-refractivity contribution in [1.82, 2.24) is 19.9 Å². The Morgan fingerprint density at radius 3 is 2.67 bits per heavy atom. The topological polar surface area (TPSA) is 118 Å². The van der Waals surface area contributed by atoms with E-state index < -0.39 is 22.0 Å². The van der Waals surface area contributed by atoms with Crippen LogP contribution < -0.4 is 10.6 Å². The van der Waals surface area contributed by atoms with E-state index in [9.17, 15) is 18.0 Å². The van der Waals surface area contributed by atoms with Crippen molar-refractivity contribution in [2.24, 2.45) is 0 Å². The maximum absolute atomic E-state index is 12.5. The molecule has 2 heterocycles. The summed E-state index contributed by atoms with van der Waals surface area (Å²) in [6.45, 7) is 3.91. The lowest BCUT2D eigenvalue weighted by Crippen LogP contribution is -2.40. The first kappa shape index (κ1) is 21.6. The predicted molar refractivity (Wildman–Crippen MR) is 101 cm³/mol. The van der Waals surface area contributed by atoms with Crippen molar-refractivity contribution >= 4 is 33.7 Å². The van der Waals surface area contributed by atoms with Crippen LogP contribution in [0.2, 0.25) is 0 Å². The van der Waals surface area contributed by atoms with Gasteiger partial charge in [0.2, 0.25) is 15.9 Å². The predicted octanol–water partition coefficient (Wildman–Crippen LogP) is 0.821. The van der Waals surface area contributed by atoms with E-state index in [1.807, 2.05) is 6.92 Å². The van der Waals surface area contributed by atoms with Crippen molar-refractivity contribution in [3.05, 3.63) is 18.3 Å². The molecule has 3 amide bonds. The van der Waals surface area contributed by atoms with Gasteiger partial charge in [0.25, 0.3) is 0 Å². The lowest BCUT2D eigenvalue weighted by Gasteiger charge is -2.25. The van der Waals surface area contributed by atoms with Crippen LogP contribution in [0, 0.1) is 0 Å². The summed E-state index contributed by atoms with van der Waals surface area (Å²) >= 11 is 1.12. The summed E-state index contributed by atoms with van der Waals surface area (Å²) in [6, 6.07) is 2.50. The maximum atomic E-state index is 12.5. The van der Waals surface area contributed by atoms with Gasteiger partial charge in [-0.05, 0) is 18.6 Å². The van der Waals surface area contributed by atoms with Crippen LogP contribution in [0.25, 0.3) is 0 Å². The number of hydrogen-bond acceptors (Lipinski definition) is 7. The van der Waals surface area contributed by atoms with E-state index in [0.717, 1.165) is 24.6 Å². The van der Waals surface area contributed by atoms with E-state index in [4.69, 9.17) is 4.74 Å². The number of imide groups is 1. The number of rotatable bonds is 8. The molecular weight excluding hydrogens is 392 g/mol. The summed E-state index contributed by atoms with van der Waals surface area (Å²) < 4.78 is 31.6. The van der Waals surface area contributed by atoms with Crippen LogP contribution in [-0.4, -0.2) is 68.2 Å². The first-order valence-corrected chi connectivity index (χ1v) is 11.1. The highest BCUT2D eigenvalue weighted by Gasteiger charge is 2.26. The zero-order valence-electron chi connectivity index (χ0n) is 15.1. The quantitative estimate of drug-likeness (QED) is 0.476. The Morgan fingerprint density at radius 1 is 1.30 bits per heavy atom. The number of urea groups is 1. The number of ether oxygens (including phenoxy) is 1. The number of nitrogens with zero attached hydrogens (tertiary/aromatic N) is 2. The summed E-state index contributed by atoms with van der Waals surface area (Å²) in [5.74, 6) is -0.440. The fourth-order valence-corrected chi connectivity index (χ4v) is 4.26. The fraction of sp³-hybridized carbons (Fsp3) is 0.562. The molecule has 0 saturated carbocycles. The molecule has 9 nitrogen and oxygen atoms in total. The molecule has 1 aliphatic rings. The maximum Gasteiger partial charge on any atom is 0.321 e. The molecule has 0 bridgehead atoms. The van der Waals surface area contributed by atoms with Gasteiger partial charge in [-0.1, -0.05) is 25.1 Å². The van der Waals surface area contributed by atoms with Crippen LogP contribution in [0.5, 0.6) is 0 Å². The highest BCUT2D eigenvalue weighted by molar-refractivity contribution is 7.99. The standard InChI is InChI=1S/C16H24N4O5S2/c1-2-3-6-17-16(22)19-14(21)12-26-15-5-4-13(11-18-15)27(23,24)20-7-9-25-10-8-20/h4-5,11H,2-3,6-10,12H2,1H3,(H2,17,19,21,22). The number of pyridine rings is 1. The monoisotopic (exact) mass is 416 g/mol. The number of aromatic nitrogens is 1. The number of amides is 3. The molecule has 0 spiro atoms. The van der Waals surface area contributed by atoms with Gasteiger partial charge in [0.1, 0.15) is 4.90 Å². The molecule has 0 aromatic carbocycles. The molecule has 0 aliphatic carbocycles. The number of carbonyl (C=O) groups is 2. The summed E-state index contributed by atoms with van der Waals surface area (Å²) in [6.07, 6.45) is 3.08. The summed E-state index contributed by atoms with van der Waals surface area (Å²) in [4.78, 5) is 27.5. The highest BCUT2D eigenvalue weighted by atomic mass is 32.2.